The van der Waals surface area contributed by atoms with Crippen LogP contribution in [-0.4, -0.2) is 24.1 Å². The Morgan fingerprint density at radius 1 is 1.48 bits per heavy atom. The molecule has 1 aliphatic carbocycles. The summed E-state index contributed by atoms with van der Waals surface area (Å²) in [7, 11) is 0. The van der Waals surface area contributed by atoms with Crippen molar-refractivity contribution in [1.82, 2.24) is 5.32 Å². The molecule has 116 valence electrons. The van der Waals surface area contributed by atoms with Gasteiger partial charge in [-0.2, -0.15) is 0 Å². The fraction of sp³-hybridized carbons (Fsp3) is 0.588. The molecule has 1 saturated carbocycles. The Morgan fingerprint density at radius 2 is 2.24 bits per heavy atom. The molecule has 2 atom stereocenters. The molecule has 0 heterocycles. The molecule has 0 aliphatic heterocycles. The SMILES string of the molecule is CCCNC1(C(N)=O)CCCC(Oc2ccccc2C)C1. The third-order valence-electron chi connectivity index (χ3n) is 4.28. The molecule has 3 N–H and O–H groups in total. The van der Waals surface area contributed by atoms with E-state index >= 15 is 0 Å². The summed E-state index contributed by atoms with van der Waals surface area (Å²) in [4.78, 5) is 12.0. The fourth-order valence-electron chi connectivity index (χ4n) is 3.03. The molecule has 1 fully saturated rings. The van der Waals surface area contributed by atoms with Crippen LogP contribution in [-0.2, 0) is 4.79 Å². The number of nitrogens with one attached hydrogen (secondary N) is 1. The van der Waals surface area contributed by atoms with Gasteiger partial charge in [0, 0.05) is 6.42 Å². The van der Waals surface area contributed by atoms with E-state index in [4.69, 9.17) is 10.5 Å². The minimum atomic E-state index is -0.610. The number of aryl methyl sites for hydroxylation is 1. The number of primary amides is 1. The lowest BCUT2D eigenvalue weighted by atomic mass is 9.79. The number of hydrogen-bond acceptors (Lipinski definition) is 3. The van der Waals surface area contributed by atoms with Gasteiger partial charge >= 0.3 is 0 Å². The van der Waals surface area contributed by atoms with Gasteiger partial charge in [0.25, 0.3) is 0 Å². The molecular weight excluding hydrogens is 264 g/mol. The third kappa shape index (κ3) is 3.76. The normalized spacial score (nSPS) is 25.5. The number of para-hydroxylation sites is 1. The average molecular weight is 290 g/mol. The summed E-state index contributed by atoms with van der Waals surface area (Å²) < 4.78 is 6.12. The molecule has 0 radical (unpaired) electrons. The van der Waals surface area contributed by atoms with Gasteiger partial charge in [-0.15, -0.1) is 0 Å². The van der Waals surface area contributed by atoms with Gasteiger partial charge in [-0.1, -0.05) is 25.1 Å². The van der Waals surface area contributed by atoms with Crippen molar-refractivity contribution in [2.24, 2.45) is 5.73 Å². The third-order valence-corrected chi connectivity index (χ3v) is 4.28. The number of hydrogen-bond donors (Lipinski definition) is 2. The highest BCUT2D eigenvalue weighted by atomic mass is 16.5. The maximum absolute atomic E-state index is 12.0. The monoisotopic (exact) mass is 290 g/mol. The van der Waals surface area contributed by atoms with Crippen molar-refractivity contribution in [3.8, 4) is 5.75 Å². The van der Waals surface area contributed by atoms with Crippen LogP contribution >= 0.6 is 0 Å². The van der Waals surface area contributed by atoms with Crippen molar-refractivity contribution < 1.29 is 9.53 Å². The van der Waals surface area contributed by atoms with Crippen molar-refractivity contribution in [2.45, 2.75) is 57.6 Å². The molecule has 1 aromatic rings. The molecule has 0 saturated heterocycles. The number of rotatable bonds is 6. The summed E-state index contributed by atoms with van der Waals surface area (Å²) in [5.74, 6) is 0.646. The second-order valence-corrected chi connectivity index (χ2v) is 5.97. The summed E-state index contributed by atoms with van der Waals surface area (Å²) in [5, 5.41) is 3.36. The van der Waals surface area contributed by atoms with Gasteiger partial charge in [-0.25, -0.2) is 0 Å². The number of nitrogens with two attached hydrogens (primary N) is 1. The van der Waals surface area contributed by atoms with E-state index in [1.54, 1.807) is 0 Å². The Labute approximate surface area is 127 Å². The molecule has 1 amide bonds. The first-order chi connectivity index (χ1) is 10.1. The van der Waals surface area contributed by atoms with Crippen molar-refractivity contribution in [3.63, 3.8) is 0 Å². The highest BCUT2D eigenvalue weighted by Crippen LogP contribution is 2.32. The summed E-state index contributed by atoms with van der Waals surface area (Å²) in [5.41, 5.74) is 6.18. The summed E-state index contributed by atoms with van der Waals surface area (Å²) >= 11 is 0. The first kappa shape index (κ1) is 15.8. The zero-order valence-corrected chi connectivity index (χ0v) is 13.0. The average Bonchev–Trinajstić information content (AvgIpc) is 2.48. The largest absolute Gasteiger partial charge is 0.490 e. The molecule has 21 heavy (non-hydrogen) atoms. The van der Waals surface area contributed by atoms with E-state index in [0.717, 1.165) is 43.5 Å². The Bertz CT molecular complexity index is 489. The lowest BCUT2D eigenvalue weighted by Crippen LogP contribution is -2.59. The van der Waals surface area contributed by atoms with Crippen molar-refractivity contribution in [3.05, 3.63) is 29.8 Å². The zero-order valence-electron chi connectivity index (χ0n) is 13.0. The van der Waals surface area contributed by atoms with Gasteiger partial charge < -0.3 is 15.8 Å². The van der Waals surface area contributed by atoms with Gasteiger partial charge in [-0.3, -0.25) is 4.79 Å². The lowest BCUT2D eigenvalue weighted by Gasteiger charge is -2.39. The first-order valence-corrected chi connectivity index (χ1v) is 7.84. The maximum atomic E-state index is 12.0. The lowest BCUT2D eigenvalue weighted by molar-refractivity contribution is -0.127. The standard InChI is InChI=1S/C17H26N2O2/c1-3-11-19-17(16(18)20)10-6-8-14(12-17)21-15-9-5-4-7-13(15)2/h4-5,7,9,14,19H,3,6,8,10-12H2,1-2H3,(H2,18,20). The van der Waals surface area contributed by atoms with E-state index in [1.165, 1.54) is 0 Å². The Hall–Kier alpha value is -1.55. The second kappa shape index (κ2) is 6.94. The number of amides is 1. The second-order valence-electron chi connectivity index (χ2n) is 5.97. The quantitative estimate of drug-likeness (QED) is 0.846. The highest BCUT2D eigenvalue weighted by molar-refractivity contribution is 5.84. The maximum Gasteiger partial charge on any atom is 0.237 e. The van der Waals surface area contributed by atoms with Crippen molar-refractivity contribution >= 4 is 5.91 Å². The Kier molecular flexibility index (Phi) is 5.23. The van der Waals surface area contributed by atoms with E-state index < -0.39 is 5.54 Å². The van der Waals surface area contributed by atoms with Crippen molar-refractivity contribution in [1.29, 1.82) is 0 Å². The smallest absolute Gasteiger partial charge is 0.237 e. The minimum absolute atomic E-state index is 0.0386. The van der Waals surface area contributed by atoms with Gasteiger partial charge in [-0.05, 0) is 50.8 Å². The number of carbonyl (C=O) groups is 1. The molecule has 2 unspecified atom stereocenters. The molecule has 4 heteroatoms. The number of carbonyl (C=O) groups excluding carboxylic acids is 1. The summed E-state index contributed by atoms with van der Waals surface area (Å²) in [6.07, 6.45) is 4.40. The van der Waals surface area contributed by atoms with Crippen LogP contribution in [0.25, 0.3) is 0 Å². The molecular formula is C17H26N2O2. The summed E-state index contributed by atoms with van der Waals surface area (Å²) in [6, 6.07) is 7.99. The van der Waals surface area contributed by atoms with Crippen LogP contribution < -0.4 is 15.8 Å². The molecule has 0 bridgehead atoms. The van der Waals surface area contributed by atoms with Crippen LogP contribution in [0.4, 0.5) is 0 Å². The number of benzene rings is 1. The minimum Gasteiger partial charge on any atom is -0.490 e. The van der Waals surface area contributed by atoms with Gasteiger partial charge in [0.15, 0.2) is 0 Å². The van der Waals surface area contributed by atoms with E-state index in [-0.39, 0.29) is 12.0 Å². The van der Waals surface area contributed by atoms with Crippen molar-refractivity contribution in [2.75, 3.05) is 6.54 Å². The Morgan fingerprint density at radius 3 is 2.90 bits per heavy atom. The van der Waals surface area contributed by atoms with Crippen LogP contribution in [0.2, 0.25) is 0 Å². The van der Waals surface area contributed by atoms with Crippen LogP contribution in [0.1, 0.15) is 44.6 Å². The molecule has 0 aromatic heterocycles. The van der Waals surface area contributed by atoms with E-state index in [0.29, 0.717) is 6.42 Å². The molecule has 1 aliphatic rings. The molecule has 4 nitrogen and oxygen atoms in total. The molecule has 1 aromatic carbocycles. The molecule has 0 spiro atoms. The molecule has 2 rings (SSSR count). The topological polar surface area (TPSA) is 64.3 Å². The van der Waals surface area contributed by atoms with E-state index in [2.05, 4.69) is 12.2 Å². The van der Waals surface area contributed by atoms with Crippen LogP contribution in [0.3, 0.4) is 0 Å². The highest BCUT2D eigenvalue weighted by Gasteiger charge is 2.41. The number of ether oxygens (including phenoxy) is 1. The first-order valence-electron chi connectivity index (χ1n) is 7.84. The predicted molar refractivity (Wildman–Crippen MR) is 84.3 cm³/mol. The predicted octanol–water partition coefficient (Wildman–Crippen LogP) is 2.54. The summed E-state index contributed by atoms with van der Waals surface area (Å²) in [6.45, 7) is 4.93. The van der Waals surface area contributed by atoms with E-state index in [1.807, 2.05) is 31.2 Å². The Balaban J connectivity index is 2.08. The van der Waals surface area contributed by atoms with E-state index in [9.17, 15) is 4.79 Å². The van der Waals surface area contributed by atoms with Crippen LogP contribution in [0.5, 0.6) is 5.75 Å². The van der Waals surface area contributed by atoms with Gasteiger partial charge in [0.1, 0.15) is 17.4 Å². The fourth-order valence-corrected chi connectivity index (χ4v) is 3.03. The van der Waals surface area contributed by atoms with Crippen LogP contribution in [0.15, 0.2) is 24.3 Å². The van der Waals surface area contributed by atoms with Gasteiger partial charge in [0.2, 0.25) is 5.91 Å². The zero-order chi connectivity index (χ0) is 15.3. The van der Waals surface area contributed by atoms with Gasteiger partial charge in [0.05, 0.1) is 0 Å². The van der Waals surface area contributed by atoms with Crippen LogP contribution in [0, 0.1) is 6.92 Å².